The lowest BCUT2D eigenvalue weighted by Gasteiger charge is -2.43. The summed E-state index contributed by atoms with van der Waals surface area (Å²) in [6.07, 6.45) is 4.40. The van der Waals surface area contributed by atoms with Crippen LogP contribution >= 0.6 is 35.6 Å². The molecule has 0 saturated carbocycles. The minimum atomic E-state index is -0.569. The maximum atomic E-state index is 13.5. The van der Waals surface area contributed by atoms with Crippen LogP contribution in [0.15, 0.2) is 24.3 Å². The van der Waals surface area contributed by atoms with Gasteiger partial charge in [0, 0.05) is 30.3 Å². The molecule has 2 amide bonds. The van der Waals surface area contributed by atoms with Crippen LogP contribution in [0.4, 0.5) is 5.69 Å². The van der Waals surface area contributed by atoms with Gasteiger partial charge in [0.15, 0.2) is 0 Å². The average molecular weight is 478 g/mol. The number of alkyl halides is 1. The van der Waals surface area contributed by atoms with Crippen molar-refractivity contribution in [2.75, 3.05) is 43.9 Å². The number of amides is 2. The Bertz CT molecular complexity index is 688. The molecule has 0 radical (unpaired) electrons. The van der Waals surface area contributed by atoms with Gasteiger partial charge in [0.2, 0.25) is 11.8 Å². The number of carbonyl (C=O) groups excluding carboxylic acids is 2. The third-order valence-electron chi connectivity index (χ3n) is 5.99. The molecule has 168 valence electrons. The zero-order valence-corrected chi connectivity index (χ0v) is 19.4. The van der Waals surface area contributed by atoms with E-state index in [4.69, 9.17) is 23.2 Å². The molecule has 0 aliphatic carbocycles. The number of piperidine rings is 2. The molecular weight excluding hydrogens is 447 g/mol. The fourth-order valence-corrected chi connectivity index (χ4v) is 4.47. The lowest BCUT2D eigenvalue weighted by atomic mass is 9.84. The first kappa shape index (κ1) is 25.1. The standard InChI is InChI=1S/C21H30Cl2N4O2.ClH/c22-15-19(28)25-10-5-16-6-13-27(14-7-16)20(29)21(8-11-24-12-9-21)26-18-3-1-17(23)2-4-18;/h1-4,16,24,26H,5-15H2,(H,25,28);1H. The molecule has 1 aromatic carbocycles. The predicted molar refractivity (Wildman–Crippen MR) is 125 cm³/mol. The highest BCUT2D eigenvalue weighted by atomic mass is 35.5. The molecule has 6 nitrogen and oxygen atoms in total. The monoisotopic (exact) mass is 476 g/mol. The van der Waals surface area contributed by atoms with E-state index in [1.165, 1.54) is 0 Å². The van der Waals surface area contributed by atoms with Gasteiger partial charge >= 0.3 is 0 Å². The van der Waals surface area contributed by atoms with Crippen LogP contribution in [-0.2, 0) is 9.59 Å². The first-order valence-corrected chi connectivity index (χ1v) is 11.3. The van der Waals surface area contributed by atoms with Crippen LogP contribution < -0.4 is 16.0 Å². The van der Waals surface area contributed by atoms with Crippen LogP contribution in [-0.4, -0.2) is 60.9 Å². The molecule has 30 heavy (non-hydrogen) atoms. The number of likely N-dealkylation sites (tertiary alicyclic amines) is 1. The van der Waals surface area contributed by atoms with E-state index in [1.54, 1.807) is 0 Å². The van der Waals surface area contributed by atoms with Crippen molar-refractivity contribution in [1.29, 1.82) is 0 Å². The highest BCUT2D eigenvalue weighted by Crippen LogP contribution is 2.30. The molecule has 0 unspecified atom stereocenters. The van der Waals surface area contributed by atoms with Gasteiger partial charge in [-0.05, 0) is 75.4 Å². The third-order valence-corrected chi connectivity index (χ3v) is 6.49. The minimum absolute atomic E-state index is 0. The second kappa shape index (κ2) is 12.0. The van der Waals surface area contributed by atoms with Crippen LogP contribution in [0.2, 0.25) is 5.02 Å². The number of nitrogens with one attached hydrogen (secondary N) is 3. The van der Waals surface area contributed by atoms with Crippen LogP contribution in [0, 0.1) is 5.92 Å². The fraction of sp³-hybridized carbons (Fsp3) is 0.619. The Morgan fingerprint density at radius 2 is 1.77 bits per heavy atom. The Balaban J connectivity index is 0.00000320. The second-order valence-electron chi connectivity index (χ2n) is 7.97. The van der Waals surface area contributed by atoms with Crippen molar-refractivity contribution in [2.45, 2.75) is 37.6 Å². The molecule has 1 aromatic rings. The van der Waals surface area contributed by atoms with Gasteiger partial charge in [0.25, 0.3) is 0 Å². The number of nitrogens with zero attached hydrogens (tertiary/aromatic N) is 1. The predicted octanol–water partition coefficient (Wildman–Crippen LogP) is 3.28. The number of benzene rings is 1. The zero-order valence-electron chi connectivity index (χ0n) is 17.1. The van der Waals surface area contributed by atoms with Crippen LogP contribution in [0.1, 0.15) is 32.1 Å². The van der Waals surface area contributed by atoms with E-state index >= 15 is 0 Å². The highest BCUT2D eigenvalue weighted by Gasteiger charge is 2.42. The molecule has 0 atom stereocenters. The number of carbonyl (C=O) groups is 2. The van der Waals surface area contributed by atoms with E-state index in [9.17, 15) is 9.59 Å². The van der Waals surface area contributed by atoms with Crippen LogP contribution in [0.25, 0.3) is 0 Å². The Labute approximate surface area is 194 Å². The van der Waals surface area contributed by atoms with Crippen molar-refractivity contribution in [3.8, 4) is 0 Å². The molecule has 3 N–H and O–H groups in total. The average Bonchev–Trinajstić information content (AvgIpc) is 2.76. The lowest BCUT2D eigenvalue weighted by Crippen LogP contribution is -2.59. The van der Waals surface area contributed by atoms with Crippen molar-refractivity contribution in [3.05, 3.63) is 29.3 Å². The van der Waals surface area contributed by atoms with Gasteiger partial charge in [-0.1, -0.05) is 11.6 Å². The quantitative estimate of drug-likeness (QED) is 0.527. The van der Waals surface area contributed by atoms with E-state index in [1.807, 2.05) is 29.2 Å². The molecule has 0 bridgehead atoms. The lowest BCUT2D eigenvalue weighted by molar-refractivity contribution is -0.138. The number of rotatable bonds is 7. The molecule has 0 aromatic heterocycles. The Hall–Kier alpha value is -1.21. The van der Waals surface area contributed by atoms with Gasteiger partial charge in [-0.3, -0.25) is 9.59 Å². The summed E-state index contributed by atoms with van der Waals surface area (Å²) in [4.78, 5) is 26.8. The summed E-state index contributed by atoms with van der Waals surface area (Å²) in [5, 5.41) is 10.4. The summed E-state index contributed by atoms with van der Waals surface area (Å²) < 4.78 is 0. The largest absolute Gasteiger partial charge is 0.371 e. The Kier molecular flexibility index (Phi) is 10.0. The SMILES string of the molecule is Cl.O=C(CCl)NCCC1CCN(C(=O)C2(Nc3ccc(Cl)cc3)CCNCC2)CC1. The highest BCUT2D eigenvalue weighted by molar-refractivity contribution is 6.30. The summed E-state index contributed by atoms with van der Waals surface area (Å²) in [6, 6.07) is 7.55. The summed E-state index contributed by atoms with van der Waals surface area (Å²) in [7, 11) is 0. The van der Waals surface area contributed by atoms with Gasteiger partial charge in [-0.15, -0.1) is 24.0 Å². The summed E-state index contributed by atoms with van der Waals surface area (Å²) >= 11 is 11.5. The minimum Gasteiger partial charge on any atom is -0.371 e. The molecule has 2 aliphatic rings. The van der Waals surface area contributed by atoms with E-state index in [-0.39, 0.29) is 30.1 Å². The number of hydrogen-bond donors (Lipinski definition) is 3. The molecular formula is C21H31Cl3N4O2. The number of halogens is 3. The van der Waals surface area contributed by atoms with Gasteiger partial charge < -0.3 is 20.9 Å². The van der Waals surface area contributed by atoms with E-state index < -0.39 is 5.54 Å². The molecule has 2 aliphatic heterocycles. The molecule has 2 saturated heterocycles. The van der Waals surface area contributed by atoms with Crippen molar-refractivity contribution in [2.24, 2.45) is 5.92 Å². The van der Waals surface area contributed by atoms with E-state index in [0.717, 1.165) is 64.0 Å². The van der Waals surface area contributed by atoms with E-state index in [0.29, 0.717) is 17.5 Å². The maximum absolute atomic E-state index is 13.5. The van der Waals surface area contributed by atoms with E-state index in [2.05, 4.69) is 16.0 Å². The maximum Gasteiger partial charge on any atom is 0.248 e. The van der Waals surface area contributed by atoms with Gasteiger partial charge in [0.05, 0.1) is 0 Å². The molecule has 9 heteroatoms. The molecule has 2 fully saturated rings. The van der Waals surface area contributed by atoms with Crippen LogP contribution in [0.5, 0.6) is 0 Å². The molecule has 2 heterocycles. The van der Waals surface area contributed by atoms with Gasteiger partial charge in [0.1, 0.15) is 11.4 Å². The smallest absolute Gasteiger partial charge is 0.248 e. The first-order chi connectivity index (χ1) is 14.0. The Morgan fingerprint density at radius 3 is 2.37 bits per heavy atom. The first-order valence-electron chi connectivity index (χ1n) is 10.4. The van der Waals surface area contributed by atoms with Gasteiger partial charge in [-0.2, -0.15) is 0 Å². The van der Waals surface area contributed by atoms with Crippen LogP contribution in [0.3, 0.4) is 0 Å². The van der Waals surface area contributed by atoms with Gasteiger partial charge in [-0.25, -0.2) is 0 Å². The van der Waals surface area contributed by atoms with Crippen molar-refractivity contribution < 1.29 is 9.59 Å². The summed E-state index contributed by atoms with van der Waals surface area (Å²) in [5.41, 5.74) is 0.356. The van der Waals surface area contributed by atoms with Crippen molar-refractivity contribution in [1.82, 2.24) is 15.5 Å². The van der Waals surface area contributed by atoms with Crippen molar-refractivity contribution >= 4 is 53.1 Å². The normalized spacial score (nSPS) is 18.9. The van der Waals surface area contributed by atoms with Crippen molar-refractivity contribution in [3.63, 3.8) is 0 Å². The molecule has 0 spiro atoms. The zero-order chi connectivity index (χ0) is 20.7. The summed E-state index contributed by atoms with van der Waals surface area (Å²) in [5.74, 6) is 0.607. The fourth-order valence-electron chi connectivity index (χ4n) is 4.25. The summed E-state index contributed by atoms with van der Waals surface area (Å²) in [6.45, 7) is 3.83. The molecule has 3 rings (SSSR count). The third kappa shape index (κ3) is 6.64. The number of hydrogen-bond acceptors (Lipinski definition) is 4. The Morgan fingerprint density at radius 1 is 1.13 bits per heavy atom. The second-order valence-corrected chi connectivity index (χ2v) is 8.68. The topological polar surface area (TPSA) is 73.5 Å². The number of anilines is 1.